The fourth-order valence-corrected chi connectivity index (χ4v) is 4.13. The minimum atomic E-state index is 0.295. The lowest BCUT2D eigenvalue weighted by atomic mass is 10.1. The number of benzene rings is 1. The Morgan fingerprint density at radius 3 is 2.72 bits per heavy atom. The van der Waals surface area contributed by atoms with Crippen molar-refractivity contribution in [2.24, 2.45) is 4.99 Å². The summed E-state index contributed by atoms with van der Waals surface area (Å²) < 4.78 is 22.3. The molecule has 180 valence electrons. The molecule has 32 heavy (non-hydrogen) atoms. The van der Waals surface area contributed by atoms with Gasteiger partial charge in [0.05, 0.1) is 26.9 Å². The fourth-order valence-electron chi connectivity index (χ4n) is 4.13. The van der Waals surface area contributed by atoms with E-state index in [0.717, 1.165) is 101 Å². The molecule has 0 bridgehead atoms. The monoisotopic (exact) mass is 448 g/mol. The summed E-state index contributed by atoms with van der Waals surface area (Å²) in [5.74, 6) is 2.77. The summed E-state index contributed by atoms with van der Waals surface area (Å²) >= 11 is 0. The normalized spacial score (nSPS) is 19.9. The van der Waals surface area contributed by atoms with Gasteiger partial charge in [0.15, 0.2) is 5.96 Å². The molecule has 1 atom stereocenters. The van der Waals surface area contributed by atoms with E-state index < -0.39 is 0 Å². The van der Waals surface area contributed by atoms with Crippen molar-refractivity contribution in [3.05, 3.63) is 23.8 Å². The SMILES string of the molecule is CCNC(=NCCCOCC1CCCO1)N1CCN(Cc2cc(OC)ccc2OC)CC1. The molecule has 2 aliphatic rings. The third-order valence-electron chi connectivity index (χ3n) is 5.92. The van der Waals surface area contributed by atoms with Crippen LogP contribution in [0.3, 0.4) is 0 Å². The van der Waals surface area contributed by atoms with Gasteiger partial charge in [0.2, 0.25) is 0 Å². The third kappa shape index (κ3) is 7.53. The van der Waals surface area contributed by atoms with Gasteiger partial charge in [-0.15, -0.1) is 0 Å². The Bertz CT molecular complexity index is 701. The number of hydrogen-bond donors (Lipinski definition) is 1. The van der Waals surface area contributed by atoms with E-state index in [-0.39, 0.29) is 0 Å². The number of nitrogens with one attached hydrogen (secondary N) is 1. The van der Waals surface area contributed by atoms with Crippen LogP contribution < -0.4 is 14.8 Å². The van der Waals surface area contributed by atoms with E-state index in [0.29, 0.717) is 12.7 Å². The van der Waals surface area contributed by atoms with Crippen molar-refractivity contribution >= 4 is 5.96 Å². The molecule has 8 heteroatoms. The van der Waals surface area contributed by atoms with Crippen LogP contribution in [-0.2, 0) is 16.0 Å². The molecule has 2 fully saturated rings. The van der Waals surface area contributed by atoms with Gasteiger partial charge in [-0.3, -0.25) is 9.89 Å². The lowest BCUT2D eigenvalue weighted by Crippen LogP contribution is -2.52. The highest BCUT2D eigenvalue weighted by atomic mass is 16.5. The predicted octanol–water partition coefficient (Wildman–Crippen LogP) is 2.37. The van der Waals surface area contributed by atoms with Gasteiger partial charge in [-0.05, 0) is 44.4 Å². The van der Waals surface area contributed by atoms with Crippen LogP contribution in [0.2, 0.25) is 0 Å². The van der Waals surface area contributed by atoms with Gasteiger partial charge < -0.3 is 29.2 Å². The van der Waals surface area contributed by atoms with Crippen LogP contribution in [0.1, 0.15) is 31.7 Å². The van der Waals surface area contributed by atoms with Gasteiger partial charge in [0.1, 0.15) is 11.5 Å². The van der Waals surface area contributed by atoms with Crippen molar-refractivity contribution in [1.29, 1.82) is 0 Å². The maximum absolute atomic E-state index is 5.76. The van der Waals surface area contributed by atoms with Gasteiger partial charge in [0, 0.05) is 64.6 Å². The zero-order chi connectivity index (χ0) is 22.6. The largest absolute Gasteiger partial charge is 0.497 e. The number of piperazine rings is 1. The average molecular weight is 449 g/mol. The molecule has 2 saturated heterocycles. The van der Waals surface area contributed by atoms with Crippen molar-refractivity contribution < 1.29 is 18.9 Å². The van der Waals surface area contributed by atoms with E-state index in [4.69, 9.17) is 23.9 Å². The summed E-state index contributed by atoms with van der Waals surface area (Å²) in [6, 6.07) is 5.98. The number of guanidine groups is 1. The molecular formula is C24H40N4O4. The molecule has 0 amide bonds. The van der Waals surface area contributed by atoms with Crippen LogP contribution in [0, 0.1) is 0 Å². The Morgan fingerprint density at radius 1 is 1.19 bits per heavy atom. The first-order valence-electron chi connectivity index (χ1n) is 11.9. The van der Waals surface area contributed by atoms with Gasteiger partial charge in [0.25, 0.3) is 0 Å². The molecule has 8 nitrogen and oxygen atoms in total. The summed E-state index contributed by atoms with van der Waals surface area (Å²) in [5, 5.41) is 3.45. The van der Waals surface area contributed by atoms with Crippen molar-refractivity contribution in [2.75, 3.05) is 73.3 Å². The van der Waals surface area contributed by atoms with Crippen LogP contribution in [-0.4, -0.2) is 95.2 Å². The Hall–Kier alpha value is -2.03. The molecule has 1 N–H and O–H groups in total. The molecule has 0 saturated carbocycles. The number of aliphatic imine (C=N–C) groups is 1. The maximum Gasteiger partial charge on any atom is 0.194 e. The van der Waals surface area contributed by atoms with Gasteiger partial charge >= 0.3 is 0 Å². The minimum absolute atomic E-state index is 0.295. The highest BCUT2D eigenvalue weighted by molar-refractivity contribution is 5.80. The zero-order valence-corrected chi connectivity index (χ0v) is 20.0. The molecule has 0 radical (unpaired) electrons. The van der Waals surface area contributed by atoms with Crippen LogP contribution in [0.4, 0.5) is 0 Å². The van der Waals surface area contributed by atoms with Gasteiger partial charge in [-0.1, -0.05) is 0 Å². The highest BCUT2D eigenvalue weighted by Crippen LogP contribution is 2.25. The summed E-state index contributed by atoms with van der Waals surface area (Å²) in [5.41, 5.74) is 1.16. The standard InChI is InChI=1S/C24H40N4O4/c1-4-25-24(26-10-6-15-31-19-22-7-5-16-32-22)28-13-11-27(12-14-28)18-20-17-21(29-2)8-9-23(20)30-3/h8-9,17,22H,4-7,10-16,18-19H2,1-3H3,(H,25,26). The topological polar surface area (TPSA) is 67.8 Å². The van der Waals surface area contributed by atoms with Crippen LogP contribution in [0.5, 0.6) is 11.5 Å². The first-order chi connectivity index (χ1) is 15.7. The van der Waals surface area contributed by atoms with Gasteiger partial charge in [-0.2, -0.15) is 0 Å². The van der Waals surface area contributed by atoms with E-state index in [2.05, 4.69) is 28.1 Å². The maximum atomic E-state index is 5.76. The molecular weight excluding hydrogens is 408 g/mol. The average Bonchev–Trinajstić information content (AvgIpc) is 3.34. The third-order valence-corrected chi connectivity index (χ3v) is 5.92. The van der Waals surface area contributed by atoms with E-state index >= 15 is 0 Å². The first kappa shape index (κ1) is 24.6. The van der Waals surface area contributed by atoms with Crippen molar-refractivity contribution in [3.63, 3.8) is 0 Å². The van der Waals surface area contributed by atoms with Crippen LogP contribution >= 0.6 is 0 Å². The number of methoxy groups -OCH3 is 2. The predicted molar refractivity (Wildman–Crippen MR) is 127 cm³/mol. The summed E-state index contributed by atoms with van der Waals surface area (Å²) in [7, 11) is 3.41. The number of hydrogen-bond acceptors (Lipinski definition) is 6. The van der Waals surface area contributed by atoms with Gasteiger partial charge in [-0.25, -0.2) is 0 Å². The smallest absolute Gasteiger partial charge is 0.194 e. The number of nitrogens with zero attached hydrogens (tertiary/aromatic N) is 3. The minimum Gasteiger partial charge on any atom is -0.497 e. The molecule has 1 aromatic carbocycles. The number of ether oxygens (including phenoxy) is 4. The Labute approximate surface area is 192 Å². The molecule has 0 aromatic heterocycles. The zero-order valence-electron chi connectivity index (χ0n) is 20.0. The molecule has 0 spiro atoms. The second-order valence-corrected chi connectivity index (χ2v) is 8.24. The van der Waals surface area contributed by atoms with Crippen molar-refractivity contribution in [3.8, 4) is 11.5 Å². The van der Waals surface area contributed by atoms with Crippen LogP contribution in [0.25, 0.3) is 0 Å². The molecule has 2 aliphatic heterocycles. The van der Waals surface area contributed by atoms with E-state index in [1.807, 2.05) is 12.1 Å². The second kappa shape index (κ2) is 13.5. The summed E-state index contributed by atoms with van der Waals surface area (Å²) in [4.78, 5) is 9.64. The Balaban J connectivity index is 1.42. The second-order valence-electron chi connectivity index (χ2n) is 8.24. The van der Waals surface area contributed by atoms with Crippen LogP contribution in [0.15, 0.2) is 23.2 Å². The van der Waals surface area contributed by atoms with E-state index in [9.17, 15) is 0 Å². The first-order valence-corrected chi connectivity index (χ1v) is 11.9. The Kier molecular flexibility index (Phi) is 10.4. The summed E-state index contributed by atoms with van der Waals surface area (Å²) in [6.07, 6.45) is 3.50. The Morgan fingerprint density at radius 2 is 2.03 bits per heavy atom. The quantitative estimate of drug-likeness (QED) is 0.317. The van der Waals surface area contributed by atoms with Crippen molar-refractivity contribution in [2.45, 2.75) is 38.8 Å². The molecule has 2 heterocycles. The molecule has 0 aliphatic carbocycles. The van der Waals surface area contributed by atoms with Crippen molar-refractivity contribution in [1.82, 2.24) is 15.1 Å². The lowest BCUT2D eigenvalue weighted by molar-refractivity contribution is 0.0170. The van der Waals surface area contributed by atoms with E-state index in [1.54, 1.807) is 14.2 Å². The molecule has 3 rings (SSSR count). The lowest BCUT2D eigenvalue weighted by Gasteiger charge is -2.36. The highest BCUT2D eigenvalue weighted by Gasteiger charge is 2.21. The molecule has 1 unspecified atom stereocenters. The summed E-state index contributed by atoms with van der Waals surface area (Å²) in [6.45, 7) is 10.8. The van der Waals surface area contributed by atoms with E-state index in [1.165, 1.54) is 0 Å². The fraction of sp³-hybridized carbons (Fsp3) is 0.708. The molecule has 1 aromatic rings. The number of rotatable bonds is 11.